The highest BCUT2D eigenvalue weighted by Crippen LogP contribution is 2.25. The van der Waals surface area contributed by atoms with Gasteiger partial charge in [0.05, 0.1) is 4.92 Å². The molecule has 1 aliphatic rings. The first-order chi connectivity index (χ1) is 9.58. The molecule has 1 aliphatic carbocycles. The number of hydrogen-bond donors (Lipinski definition) is 2. The molecule has 1 aromatic rings. The number of nitrogens with zero attached hydrogens (tertiary/aromatic N) is 2. The van der Waals surface area contributed by atoms with E-state index in [2.05, 4.69) is 15.6 Å². The maximum absolute atomic E-state index is 11.5. The van der Waals surface area contributed by atoms with Crippen molar-refractivity contribution in [1.82, 2.24) is 10.3 Å². The molecule has 0 spiro atoms. The average molecular weight is 278 g/mol. The van der Waals surface area contributed by atoms with Crippen LogP contribution < -0.4 is 10.6 Å². The first-order valence-corrected chi connectivity index (χ1v) is 6.71. The van der Waals surface area contributed by atoms with Gasteiger partial charge in [0.15, 0.2) is 0 Å². The fourth-order valence-electron chi connectivity index (χ4n) is 1.89. The van der Waals surface area contributed by atoms with E-state index < -0.39 is 4.92 Å². The summed E-state index contributed by atoms with van der Waals surface area (Å²) in [7, 11) is 0. The predicted octanol–water partition coefficient (Wildman–Crippen LogP) is 1.77. The molecule has 0 bridgehead atoms. The summed E-state index contributed by atoms with van der Waals surface area (Å²) in [5.74, 6) is 0.304. The van der Waals surface area contributed by atoms with Crippen LogP contribution in [-0.2, 0) is 4.79 Å². The van der Waals surface area contributed by atoms with E-state index in [1.54, 1.807) is 13.0 Å². The highest BCUT2D eigenvalue weighted by atomic mass is 16.6. The highest BCUT2D eigenvalue weighted by Gasteiger charge is 2.23. The summed E-state index contributed by atoms with van der Waals surface area (Å²) in [6, 6.07) is 1.97. The van der Waals surface area contributed by atoms with Crippen molar-refractivity contribution in [1.29, 1.82) is 0 Å². The number of aryl methyl sites for hydroxylation is 1. The molecular weight excluding hydrogens is 260 g/mol. The Balaban J connectivity index is 1.80. The highest BCUT2D eigenvalue weighted by molar-refractivity contribution is 5.76. The van der Waals surface area contributed by atoms with Gasteiger partial charge in [0.1, 0.15) is 0 Å². The van der Waals surface area contributed by atoms with Crippen molar-refractivity contribution in [2.75, 3.05) is 11.9 Å². The minimum atomic E-state index is -0.440. The number of nitrogens with one attached hydrogen (secondary N) is 2. The Morgan fingerprint density at radius 3 is 2.95 bits per heavy atom. The molecule has 1 amide bonds. The zero-order chi connectivity index (χ0) is 14.5. The molecule has 0 atom stereocenters. The Labute approximate surface area is 116 Å². The lowest BCUT2D eigenvalue weighted by Gasteiger charge is -2.07. The van der Waals surface area contributed by atoms with Crippen LogP contribution in [-0.4, -0.2) is 28.4 Å². The van der Waals surface area contributed by atoms with Crippen LogP contribution in [0.3, 0.4) is 0 Å². The van der Waals surface area contributed by atoms with Gasteiger partial charge < -0.3 is 10.6 Å². The molecule has 1 heterocycles. The van der Waals surface area contributed by atoms with E-state index in [-0.39, 0.29) is 17.4 Å². The molecule has 2 N–H and O–H groups in total. The summed E-state index contributed by atoms with van der Waals surface area (Å²) in [6.07, 6.45) is 4.71. The first-order valence-electron chi connectivity index (χ1n) is 6.71. The summed E-state index contributed by atoms with van der Waals surface area (Å²) in [5.41, 5.74) is 0.564. The number of aromatic nitrogens is 1. The maximum atomic E-state index is 11.5. The van der Waals surface area contributed by atoms with E-state index >= 15 is 0 Å². The molecule has 1 saturated carbocycles. The van der Waals surface area contributed by atoms with Gasteiger partial charge in [-0.1, -0.05) is 0 Å². The molecule has 1 fully saturated rings. The van der Waals surface area contributed by atoms with Crippen molar-refractivity contribution < 1.29 is 9.72 Å². The van der Waals surface area contributed by atoms with E-state index in [9.17, 15) is 14.9 Å². The van der Waals surface area contributed by atoms with Gasteiger partial charge in [-0.05, 0) is 32.3 Å². The minimum Gasteiger partial charge on any atom is -0.364 e. The Kier molecular flexibility index (Phi) is 4.49. The summed E-state index contributed by atoms with van der Waals surface area (Å²) < 4.78 is 0. The van der Waals surface area contributed by atoms with Crippen molar-refractivity contribution >= 4 is 17.4 Å². The third-order valence-corrected chi connectivity index (χ3v) is 3.12. The van der Waals surface area contributed by atoms with E-state index in [0.29, 0.717) is 31.0 Å². The fraction of sp³-hybridized carbons (Fsp3) is 0.538. The van der Waals surface area contributed by atoms with Crippen molar-refractivity contribution in [3.8, 4) is 0 Å². The second-order valence-electron chi connectivity index (χ2n) is 4.95. The standard InChI is InChI=1S/C13H18N4O3/c1-9-6-8-15-13(12(9)17(19)20)14-7-2-3-11(18)16-10-4-5-10/h6,8,10H,2-5,7H2,1H3,(H,14,15)(H,16,18). The minimum absolute atomic E-state index is 0.00469. The molecule has 108 valence electrons. The van der Waals surface area contributed by atoms with Crippen LogP contribution in [0, 0.1) is 17.0 Å². The number of carbonyl (C=O) groups excluding carboxylic acids is 1. The number of rotatable bonds is 7. The maximum Gasteiger partial charge on any atom is 0.314 e. The van der Waals surface area contributed by atoms with Crippen molar-refractivity contribution in [2.45, 2.75) is 38.6 Å². The zero-order valence-electron chi connectivity index (χ0n) is 11.4. The van der Waals surface area contributed by atoms with Crippen LogP contribution in [0.1, 0.15) is 31.2 Å². The van der Waals surface area contributed by atoms with E-state index in [1.165, 1.54) is 6.20 Å². The quantitative estimate of drug-likeness (QED) is 0.450. The second-order valence-corrected chi connectivity index (χ2v) is 4.95. The van der Waals surface area contributed by atoms with Crippen LogP contribution in [0.4, 0.5) is 11.5 Å². The van der Waals surface area contributed by atoms with E-state index in [0.717, 1.165) is 12.8 Å². The van der Waals surface area contributed by atoms with Crippen molar-refractivity contribution in [2.24, 2.45) is 0 Å². The number of anilines is 1. The number of carbonyl (C=O) groups is 1. The summed E-state index contributed by atoms with van der Waals surface area (Å²) in [6.45, 7) is 2.16. The third-order valence-electron chi connectivity index (χ3n) is 3.12. The van der Waals surface area contributed by atoms with E-state index in [4.69, 9.17) is 0 Å². The topological polar surface area (TPSA) is 97.2 Å². The Bertz CT molecular complexity index is 514. The lowest BCUT2D eigenvalue weighted by Crippen LogP contribution is -2.25. The third kappa shape index (κ3) is 3.91. The van der Waals surface area contributed by atoms with Crippen LogP contribution in [0.5, 0.6) is 0 Å². The van der Waals surface area contributed by atoms with Crippen LogP contribution in [0.25, 0.3) is 0 Å². The van der Waals surface area contributed by atoms with Gasteiger partial charge >= 0.3 is 5.69 Å². The van der Waals surface area contributed by atoms with Crippen LogP contribution in [0.2, 0.25) is 0 Å². The number of amides is 1. The predicted molar refractivity (Wildman–Crippen MR) is 74.5 cm³/mol. The summed E-state index contributed by atoms with van der Waals surface area (Å²) in [5, 5.41) is 16.8. The van der Waals surface area contributed by atoms with Gasteiger partial charge in [0, 0.05) is 30.8 Å². The number of pyridine rings is 1. The lowest BCUT2D eigenvalue weighted by atomic mass is 10.2. The second kappa shape index (κ2) is 6.31. The molecule has 7 nitrogen and oxygen atoms in total. The zero-order valence-corrected chi connectivity index (χ0v) is 11.4. The summed E-state index contributed by atoms with van der Waals surface area (Å²) in [4.78, 5) is 26.0. The smallest absolute Gasteiger partial charge is 0.314 e. The van der Waals surface area contributed by atoms with Gasteiger partial charge in [-0.3, -0.25) is 14.9 Å². The monoisotopic (exact) mass is 278 g/mol. The average Bonchev–Trinajstić information content (AvgIpc) is 3.18. The molecule has 0 aromatic carbocycles. The SMILES string of the molecule is Cc1ccnc(NCCCC(=O)NC2CC2)c1[N+](=O)[O-]. The van der Waals surface area contributed by atoms with Gasteiger partial charge in [0.2, 0.25) is 11.7 Å². The molecule has 20 heavy (non-hydrogen) atoms. The molecule has 0 unspecified atom stereocenters. The van der Waals surface area contributed by atoms with Crippen LogP contribution in [0.15, 0.2) is 12.3 Å². The Hall–Kier alpha value is -2.18. The molecule has 7 heteroatoms. The van der Waals surface area contributed by atoms with Gasteiger partial charge in [-0.2, -0.15) is 0 Å². The van der Waals surface area contributed by atoms with Crippen molar-refractivity contribution in [3.05, 3.63) is 27.9 Å². The summed E-state index contributed by atoms with van der Waals surface area (Å²) >= 11 is 0. The Morgan fingerprint density at radius 1 is 1.55 bits per heavy atom. The normalized spacial score (nSPS) is 13.8. The van der Waals surface area contributed by atoms with Gasteiger partial charge in [-0.15, -0.1) is 0 Å². The number of hydrogen-bond acceptors (Lipinski definition) is 5. The molecular formula is C13H18N4O3. The molecule has 0 saturated heterocycles. The molecule has 1 aromatic heterocycles. The van der Waals surface area contributed by atoms with E-state index in [1.807, 2.05) is 0 Å². The fourth-order valence-corrected chi connectivity index (χ4v) is 1.89. The molecule has 0 aliphatic heterocycles. The number of nitro groups is 1. The Morgan fingerprint density at radius 2 is 2.30 bits per heavy atom. The molecule has 0 radical (unpaired) electrons. The van der Waals surface area contributed by atoms with Crippen LogP contribution >= 0.6 is 0 Å². The van der Waals surface area contributed by atoms with Gasteiger partial charge in [0.25, 0.3) is 0 Å². The molecule has 2 rings (SSSR count). The van der Waals surface area contributed by atoms with Crippen molar-refractivity contribution in [3.63, 3.8) is 0 Å². The van der Waals surface area contributed by atoms with Gasteiger partial charge in [-0.25, -0.2) is 4.98 Å². The largest absolute Gasteiger partial charge is 0.364 e. The lowest BCUT2D eigenvalue weighted by molar-refractivity contribution is -0.384. The first kappa shape index (κ1) is 14.2.